The smallest absolute Gasteiger partial charge is 0.194 e. The molecule has 0 spiro atoms. The van der Waals surface area contributed by atoms with E-state index in [4.69, 9.17) is 10.2 Å². The van der Waals surface area contributed by atoms with E-state index >= 15 is 0 Å². The van der Waals surface area contributed by atoms with Crippen molar-refractivity contribution >= 4 is 16.3 Å². The van der Waals surface area contributed by atoms with E-state index in [1.165, 1.54) is 0 Å². The number of nitriles is 1. The average Bonchev–Trinajstić information content (AvgIpc) is 3.15. The van der Waals surface area contributed by atoms with E-state index in [2.05, 4.69) is 16.0 Å². The minimum absolute atomic E-state index is 0.615. The van der Waals surface area contributed by atoms with Gasteiger partial charge in [0.1, 0.15) is 11.5 Å². The van der Waals surface area contributed by atoms with Crippen LogP contribution in [0.2, 0.25) is 0 Å². The van der Waals surface area contributed by atoms with E-state index in [0.29, 0.717) is 11.4 Å². The van der Waals surface area contributed by atoms with Gasteiger partial charge in [0.2, 0.25) is 0 Å². The van der Waals surface area contributed by atoms with E-state index < -0.39 is 0 Å². The Balaban J connectivity index is 2.02. The van der Waals surface area contributed by atoms with Gasteiger partial charge >= 0.3 is 0 Å². The zero-order chi connectivity index (χ0) is 15.8. The minimum Gasteiger partial charge on any atom is -0.288 e. The van der Waals surface area contributed by atoms with Crippen molar-refractivity contribution in [3.63, 3.8) is 0 Å². The molecule has 0 atom stereocenters. The molecule has 110 valence electrons. The number of fused-ring (bicyclic) bond motifs is 1. The topological polar surface area (TPSA) is 66.9 Å². The monoisotopic (exact) mass is 317 g/mol. The second-order valence-corrected chi connectivity index (χ2v) is 5.92. The Hall–Kier alpha value is -3.04. The summed E-state index contributed by atoms with van der Waals surface area (Å²) in [6, 6.07) is 11.5. The average molecular weight is 317 g/mol. The Labute approximate surface area is 136 Å². The summed E-state index contributed by atoms with van der Waals surface area (Å²) in [5, 5.41) is 11.1. The number of imidazole rings is 1. The second-order valence-electron chi connectivity index (χ2n) is 5.05. The lowest BCUT2D eigenvalue weighted by Crippen LogP contribution is -1.94. The van der Waals surface area contributed by atoms with E-state index in [1.807, 2.05) is 47.2 Å². The molecular formula is C17H11N5S. The molecule has 5 nitrogen and oxygen atoms in total. The predicted octanol–water partition coefficient (Wildman–Crippen LogP) is 3.70. The molecule has 0 bridgehead atoms. The van der Waals surface area contributed by atoms with Gasteiger partial charge in [0.25, 0.3) is 0 Å². The molecule has 0 aliphatic carbocycles. The lowest BCUT2D eigenvalue weighted by atomic mass is 10.1. The number of thiazole rings is 1. The Bertz CT molecular complexity index is 1050. The van der Waals surface area contributed by atoms with Crippen LogP contribution in [0.3, 0.4) is 0 Å². The third-order valence-corrected chi connectivity index (χ3v) is 4.30. The molecule has 3 heterocycles. The summed E-state index contributed by atoms with van der Waals surface area (Å²) in [4.78, 5) is 14.3. The lowest BCUT2D eigenvalue weighted by molar-refractivity contribution is 1.05. The highest BCUT2D eigenvalue weighted by Crippen LogP contribution is 2.33. The van der Waals surface area contributed by atoms with Crippen LogP contribution in [0, 0.1) is 18.3 Å². The Morgan fingerprint density at radius 3 is 2.96 bits per heavy atom. The predicted molar refractivity (Wildman–Crippen MR) is 89.0 cm³/mol. The van der Waals surface area contributed by atoms with Crippen molar-refractivity contribution in [3.05, 3.63) is 59.5 Å². The van der Waals surface area contributed by atoms with Crippen LogP contribution in [0.15, 0.2) is 48.1 Å². The van der Waals surface area contributed by atoms with E-state index in [0.717, 1.165) is 27.6 Å². The summed E-state index contributed by atoms with van der Waals surface area (Å²) in [6.07, 6.45) is 3.73. The number of hydrogen-bond donors (Lipinski definition) is 0. The summed E-state index contributed by atoms with van der Waals surface area (Å²) < 4.78 is 2.03. The minimum atomic E-state index is 0.615. The molecule has 0 saturated heterocycles. The first kappa shape index (κ1) is 13.6. The fourth-order valence-electron chi connectivity index (χ4n) is 2.56. The summed E-state index contributed by atoms with van der Waals surface area (Å²) in [7, 11) is 0. The molecule has 0 radical (unpaired) electrons. The first-order chi connectivity index (χ1) is 11.3. The molecule has 0 saturated carbocycles. The SMILES string of the molecule is Cc1nccc(-c2c(-c3cccc(C#N)c3)nc3sccn23)n1. The molecule has 0 aliphatic heterocycles. The summed E-state index contributed by atoms with van der Waals surface area (Å²) >= 11 is 1.57. The summed E-state index contributed by atoms with van der Waals surface area (Å²) in [6.45, 7) is 1.87. The van der Waals surface area contributed by atoms with E-state index in [-0.39, 0.29) is 0 Å². The zero-order valence-corrected chi connectivity index (χ0v) is 13.1. The quantitative estimate of drug-likeness (QED) is 0.565. The Kier molecular flexibility index (Phi) is 3.14. The van der Waals surface area contributed by atoms with Gasteiger partial charge in [-0.2, -0.15) is 5.26 Å². The molecule has 0 unspecified atom stereocenters. The third kappa shape index (κ3) is 2.28. The van der Waals surface area contributed by atoms with Crippen LogP contribution in [0.5, 0.6) is 0 Å². The first-order valence-corrected chi connectivity index (χ1v) is 7.90. The van der Waals surface area contributed by atoms with E-state index in [9.17, 15) is 0 Å². The number of rotatable bonds is 2. The molecule has 3 aromatic heterocycles. The fourth-order valence-corrected chi connectivity index (χ4v) is 3.27. The van der Waals surface area contributed by atoms with Crippen molar-refractivity contribution < 1.29 is 0 Å². The maximum Gasteiger partial charge on any atom is 0.194 e. The van der Waals surface area contributed by atoms with Crippen molar-refractivity contribution in [1.29, 1.82) is 5.26 Å². The maximum atomic E-state index is 9.14. The van der Waals surface area contributed by atoms with E-state index in [1.54, 1.807) is 23.6 Å². The molecule has 0 N–H and O–H groups in total. The standard InChI is InChI=1S/C17H11N5S/c1-11-19-6-5-14(20-11)16-15(21-17-22(16)7-8-23-17)13-4-2-3-12(9-13)10-18/h2-9H,1H3. The molecule has 6 heteroatoms. The number of nitrogens with zero attached hydrogens (tertiary/aromatic N) is 5. The van der Waals surface area contributed by atoms with Crippen molar-refractivity contribution in [2.24, 2.45) is 0 Å². The highest BCUT2D eigenvalue weighted by Gasteiger charge is 2.18. The van der Waals surface area contributed by atoms with Crippen LogP contribution in [0.4, 0.5) is 0 Å². The normalized spacial score (nSPS) is 10.8. The van der Waals surface area contributed by atoms with Gasteiger partial charge in [-0.15, -0.1) is 11.3 Å². The van der Waals surface area contributed by atoms with Gasteiger partial charge in [0.05, 0.1) is 23.0 Å². The van der Waals surface area contributed by atoms with Gasteiger partial charge in [0.15, 0.2) is 4.96 Å². The number of aryl methyl sites for hydroxylation is 1. The van der Waals surface area contributed by atoms with Crippen molar-refractivity contribution in [2.75, 3.05) is 0 Å². The van der Waals surface area contributed by atoms with Crippen molar-refractivity contribution in [1.82, 2.24) is 19.4 Å². The second kappa shape index (κ2) is 5.30. The highest BCUT2D eigenvalue weighted by molar-refractivity contribution is 7.15. The van der Waals surface area contributed by atoms with Crippen molar-refractivity contribution in [3.8, 4) is 28.7 Å². The highest BCUT2D eigenvalue weighted by atomic mass is 32.1. The van der Waals surface area contributed by atoms with Crippen molar-refractivity contribution in [2.45, 2.75) is 6.92 Å². The van der Waals surface area contributed by atoms with Gasteiger partial charge in [-0.1, -0.05) is 12.1 Å². The maximum absolute atomic E-state index is 9.14. The third-order valence-electron chi connectivity index (χ3n) is 3.55. The van der Waals surface area contributed by atoms with Gasteiger partial charge in [0, 0.05) is 23.3 Å². The zero-order valence-electron chi connectivity index (χ0n) is 12.3. The molecule has 0 amide bonds. The first-order valence-electron chi connectivity index (χ1n) is 7.02. The summed E-state index contributed by atoms with van der Waals surface area (Å²) in [5.41, 5.74) is 4.09. The molecule has 0 fully saturated rings. The molecule has 4 aromatic rings. The van der Waals surface area contributed by atoms with Gasteiger partial charge < -0.3 is 0 Å². The molecule has 1 aromatic carbocycles. The van der Waals surface area contributed by atoms with Gasteiger partial charge in [-0.25, -0.2) is 15.0 Å². The van der Waals surface area contributed by atoms with Crippen LogP contribution in [0.25, 0.3) is 27.6 Å². The number of aromatic nitrogens is 4. The lowest BCUT2D eigenvalue weighted by Gasteiger charge is -2.05. The van der Waals surface area contributed by atoms with Crippen LogP contribution < -0.4 is 0 Å². The van der Waals surface area contributed by atoms with Crippen LogP contribution in [0.1, 0.15) is 11.4 Å². The van der Waals surface area contributed by atoms with Crippen LogP contribution in [-0.4, -0.2) is 19.4 Å². The molecule has 0 aliphatic rings. The number of hydrogen-bond acceptors (Lipinski definition) is 5. The molecule has 23 heavy (non-hydrogen) atoms. The summed E-state index contributed by atoms with van der Waals surface area (Å²) in [5.74, 6) is 0.712. The van der Waals surface area contributed by atoms with Gasteiger partial charge in [-0.05, 0) is 25.1 Å². The number of benzene rings is 1. The van der Waals surface area contributed by atoms with Crippen LogP contribution in [-0.2, 0) is 0 Å². The Morgan fingerprint density at radius 2 is 2.13 bits per heavy atom. The Morgan fingerprint density at radius 1 is 1.22 bits per heavy atom. The van der Waals surface area contributed by atoms with Crippen LogP contribution >= 0.6 is 11.3 Å². The fraction of sp³-hybridized carbons (Fsp3) is 0.0588. The largest absolute Gasteiger partial charge is 0.288 e. The molecular weight excluding hydrogens is 306 g/mol. The van der Waals surface area contributed by atoms with Gasteiger partial charge in [-0.3, -0.25) is 4.40 Å². The molecule has 4 rings (SSSR count).